The second kappa shape index (κ2) is 13.0. The first-order valence-corrected chi connectivity index (χ1v) is 13.1. The van der Waals surface area contributed by atoms with Crippen LogP contribution in [-0.4, -0.2) is 63.8 Å². The van der Waals surface area contributed by atoms with Crippen molar-refractivity contribution >= 4 is 27.8 Å². The number of aromatic nitrogens is 4. The van der Waals surface area contributed by atoms with E-state index in [1.54, 1.807) is 28.7 Å². The van der Waals surface area contributed by atoms with Gasteiger partial charge in [-0.05, 0) is 64.6 Å². The van der Waals surface area contributed by atoms with Crippen molar-refractivity contribution in [3.8, 4) is 16.9 Å². The molecule has 2 aromatic carbocycles. The van der Waals surface area contributed by atoms with E-state index in [-0.39, 0.29) is 0 Å². The zero-order valence-corrected chi connectivity index (χ0v) is 23.2. The van der Waals surface area contributed by atoms with Gasteiger partial charge in [-0.15, -0.1) is 0 Å². The molecule has 3 N–H and O–H groups in total. The fourth-order valence-electron chi connectivity index (χ4n) is 4.40. The molecular weight excluding hydrogens is 572 g/mol. The molecule has 0 spiro atoms. The summed E-state index contributed by atoms with van der Waals surface area (Å²) in [5.41, 5.74) is 8.46. The molecule has 12 heteroatoms. The van der Waals surface area contributed by atoms with Crippen LogP contribution in [-0.2, 0) is 11.8 Å². The molecule has 2 amide bonds. The fourth-order valence-corrected chi connectivity index (χ4v) is 4.98. The molecule has 2 aromatic heterocycles. The molecule has 1 aliphatic rings. The van der Waals surface area contributed by atoms with Crippen molar-refractivity contribution in [1.29, 1.82) is 0 Å². The highest BCUT2D eigenvalue weighted by molar-refractivity contribution is 9.10. The molecule has 9 nitrogen and oxygen atoms in total. The topological polar surface area (TPSA) is 103 Å². The van der Waals surface area contributed by atoms with E-state index in [2.05, 4.69) is 36.3 Å². The molecule has 1 fully saturated rings. The number of carbonyl (C=O) groups excluding carboxylic acids is 1. The van der Waals surface area contributed by atoms with Crippen LogP contribution in [0.5, 0.6) is 0 Å². The lowest BCUT2D eigenvalue weighted by molar-refractivity contribution is 0.160. The molecule has 206 valence electrons. The number of aryl methyl sites for hydroxylation is 1. The minimum absolute atomic E-state index is 0.307. The number of methoxy groups -OCH3 is 1. The number of benzene rings is 2. The molecule has 1 saturated heterocycles. The Balaban J connectivity index is 0.000000187. The van der Waals surface area contributed by atoms with Gasteiger partial charge in [0.2, 0.25) is 0 Å². The van der Waals surface area contributed by atoms with Crippen molar-refractivity contribution in [3.05, 3.63) is 82.6 Å². The molecule has 0 bridgehead atoms. The number of hydrogen-bond donors (Lipinski definition) is 2. The standard InChI is InChI=1S/C14H13BrN6O.C13H17F2NO/c1-20-8-9(7-17-20)12-11(15)13(18-14(16)22)21(19-12)10-5-3-2-4-6-10;1-17-7-6-16-5-4-11(9-16)10-2-3-12(14)13(15)8-10/h2-8H,1H3,(H3,16,18,22);2-3,8,11H,4-7,9H2,1H3. The number of urea groups is 1. The maximum absolute atomic E-state index is 13.1. The molecule has 39 heavy (non-hydrogen) atoms. The van der Waals surface area contributed by atoms with Crippen LogP contribution in [0.4, 0.5) is 19.4 Å². The van der Waals surface area contributed by atoms with Crippen LogP contribution < -0.4 is 11.1 Å². The summed E-state index contributed by atoms with van der Waals surface area (Å²) in [7, 11) is 3.51. The summed E-state index contributed by atoms with van der Waals surface area (Å²) in [5.74, 6) is -0.750. The monoisotopic (exact) mass is 601 g/mol. The zero-order valence-electron chi connectivity index (χ0n) is 21.7. The number of ether oxygens (including phenoxy) is 1. The van der Waals surface area contributed by atoms with Gasteiger partial charge in [0, 0.05) is 39.0 Å². The minimum atomic E-state index is -0.775. The Bertz CT molecular complexity index is 1410. The van der Waals surface area contributed by atoms with Crippen molar-refractivity contribution in [2.45, 2.75) is 12.3 Å². The van der Waals surface area contributed by atoms with Gasteiger partial charge < -0.3 is 15.4 Å². The van der Waals surface area contributed by atoms with E-state index >= 15 is 0 Å². The highest BCUT2D eigenvalue weighted by atomic mass is 79.9. The lowest BCUT2D eigenvalue weighted by Crippen LogP contribution is -2.24. The lowest BCUT2D eigenvalue weighted by Gasteiger charge is -2.15. The Labute approximate surface area is 233 Å². The summed E-state index contributed by atoms with van der Waals surface area (Å²) in [6, 6.07) is 13.0. The van der Waals surface area contributed by atoms with Crippen LogP contribution in [0.3, 0.4) is 0 Å². The predicted molar refractivity (Wildman–Crippen MR) is 149 cm³/mol. The van der Waals surface area contributed by atoms with Crippen LogP contribution in [0.25, 0.3) is 16.9 Å². The van der Waals surface area contributed by atoms with E-state index in [0.29, 0.717) is 28.5 Å². The number of carbonyl (C=O) groups is 1. The number of nitrogens with zero attached hydrogens (tertiary/aromatic N) is 5. The van der Waals surface area contributed by atoms with E-state index in [1.807, 2.05) is 43.6 Å². The number of halogens is 3. The predicted octanol–water partition coefficient (Wildman–Crippen LogP) is 4.93. The Kier molecular flexibility index (Phi) is 9.44. The minimum Gasteiger partial charge on any atom is -0.383 e. The van der Waals surface area contributed by atoms with Gasteiger partial charge in [-0.2, -0.15) is 10.2 Å². The molecular formula is C27H30BrF2N7O2. The first-order valence-electron chi connectivity index (χ1n) is 12.3. The fraction of sp³-hybridized carbons (Fsp3) is 0.296. The number of hydrogen-bond acceptors (Lipinski definition) is 5. The smallest absolute Gasteiger partial charge is 0.317 e. The SMILES string of the molecule is COCCN1CCC(c2ccc(F)c(F)c2)C1.Cn1cc(-c2nn(-c3ccccc3)c(NC(N)=O)c2Br)cn1. The third-order valence-corrected chi connectivity index (χ3v) is 7.10. The van der Waals surface area contributed by atoms with Gasteiger partial charge in [0.25, 0.3) is 0 Å². The lowest BCUT2D eigenvalue weighted by atomic mass is 9.98. The van der Waals surface area contributed by atoms with Gasteiger partial charge >= 0.3 is 6.03 Å². The third kappa shape index (κ3) is 7.08. The number of likely N-dealkylation sites (tertiary alicyclic amines) is 1. The molecule has 0 saturated carbocycles. The van der Waals surface area contributed by atoms with Gasteiger partial charge in [0.1, 0.15) is 5.69 Å². The summed E-state index contributed by atoms with van der Waals surface area (Å²) in [5, 5.41) is 11.3. The first-order chi connectivity index (χ1) is 18.8. The summed E-state index contributed by atoms with van der Waals surface area (Å²) in [6.45, 7) is 3.50. The summed E-state index contributed by atoms with van der Waals surface area (Å²) < 4.78 is 34.9. The molecule has 0 radical (unpaired) electrons. The Hall–Kier alpha value is -3.61. The number of anilines is 1. The van der Waals surface area contributed by atoms with Crippen molar-refractivity contribution in [1.82, 2.24) is 24.5 Å². The summed E-state index contributed by atoms with van der Waals surface area (Å²) >= 11 is 3.48. The molecule has 4 aromatic rings. The normalized spacial score (nSPS) is 15.2. The van der Waals surface area contributed by atoms with Crippen LogP contribution in [0.15, 0.2) is 65.4 Å². The Morgan fingerprint density at radius 3 is 2.62 bits per heavy atom. The van der Waals surface area contributed by atoms with E-state index < -0.39 is 17.7 Å². The highest BCUT2D eigenvalue weighted by Gasteiger charge is 2.24. The van der Waals surface area contributed by atoms with Crippen LogP contribution >= 0.6 is 15.9 Å². The van der Waals surface area contributed by atoms with E-state index in [9.17, 15) is 13.6 Å². The van der Waals surface area contributed by atoms with Gasteiger partial charge in [0.15, 0.2) is 17.5 Å². The molecule has 1 unspecified atom stereocenters. The number of para-hydroxylation sites is 1. The van der Waals surface area contributed by atoms with Crippen LogP contribution in [0.1, 0.15) is 17.9 Å². The zero-order chi connectivity index (χ0) is 27.9. The average Bonchev–Trinajstić information content (AvgIpc) is 3.65. The molecule has 1 aliphatic heterocycles. The maximum Gasteiger partial charge on any atom is 0.317 e. The van der Waals surface area contributed by atoms with Gasteiger partial charge in [-0.3, -0.25) is 10.00 Å². The van der Waals surface area contributed by atoms with Crippen LogP contribution in [0.2, 0.25) is 0 Å². The van der Waals surface area contributed by atoms with Crippen LogP contribution in [0, 0.1) is 11.6 Å². The molecule has 3 heterocycles. The van der Waals surface area contributed by atoms with Gasteiger partial charge in [-0.1, -0.05) is 24.3 Å². The average molecular weight is 602 g/mol. The maximum atomic E-state index is 13.1. The van der Waals surface area contributed by atoms with E-state index in [4.69, 9.17) is 10.5 Å². The second-order valence-corrected chi connectivity index (χ2v) is 9.90. The number of nitrogens with one attached hydrogen (secondary N) is 1. The van der Waals surface area contributed by atoms with Crippen molar-refractivity contribution < 1.29 is 18.3 Å². The van der Waals surface area contributed by atoms with E-state index in [0.717, 1.165) is 42.9 Å². The van der Waals surface area contributed by atoms with Crippen molar-refractivity contribution in [2.75, 3.05) is 38.7 Å². The number of primary amides is 1. The largest absolute Gasteiger partial charge is 0.383 e. The molecule has 1 atom stereocenters. The first kappa shape index (κ1) is 28.4. The molecule has 5 rings (SSSR count). The second-order valence-electron chi connectivity index (χ2n) is 9.10. The Morgan fingerprint density at radius 2 is 1.97 bits per heavy atom. The number of rotatable bonds is 7. The number of nitrogens with two attached hydrogens (primary N) is 1. The third-order valence-electron chi connectivity index (χ3n) is 6.35. The van der Waals surface area contributed by atoms with Crippen molar-refractivity contribution in [2.24, 2.45) is 12.8 Å². The number of amides is 2. The van der Waals surface area contributed by atoms with Gasteiger partial charge in [-0.25, -0.2) is 18.3 Å². The summed E-state index contributed by atoms with van der Waals surface area (Å²) in [6.07, 6.45) is 4.54. The summed E-state index contributed by atoms with van der Waals surface area (Å²) in [4.78, 5) is 13.6. The quantitative estimate of drug-likeness (QED) is 0.313. The van der Waals surface area contributed by atoms with E-state index in [1.165, 1.54) is 12.1 Å². The highest BCUT2D eigenvalue weighted by Crippen LogP contribution is 2.35. The van der Waals surface area contributed by atoms with Gasteiger partial charge in [0.05, 0.1) is 23.0 Å². The molecule has 0 aliphatic carbocycles. The Morgan fingerprint density at radius 1 is 1.21 bits per heavy atom. The van der Waals surface area contributed by atoms with Crippen molar-refractivity contribution in [3.63, 3.8) is 0 Å².